The van der Waals surface area contributed by atoms with Gasteiger partial charge in [0.2, 0.25) is 5.95 Å². The topological polar surface area (TPSA) is 38.2 Å². The van der Waals surface area contributed by atoms with E-state index in [9.17, 15) is 4.39 Å². The first-order valence-electron chi connectivity index (χ1n) is 7.17. The summed E-state index contributed by atoms with van der Waals surface area (Å²) in [5.41, 5.74) is 0.977. The van der Waals surface area contributed by atoms with Crippen LogP contribution in [0, 0.1) is 12.7 Å². The maximum absolute atomic E-state index is 12.9. The number of anilines is 1. The van der Waals surface area contributed by atoms with Gasteiger partial charge in [0.25, 0.3) is 0 Å². The second-order valence-corrected chi connectivity index (χ2v) is 5.26. The van der Waals surface area contributed by atoms with Gasteiger partial charge in [-0.25, -0.2) is 14.4 Å². The van der Waals surface area contributed by atoms with E-state index in [4.69, 9.17) is 4.74 Å². The van der Waals surface area contributed by atoms with Crippen molar-refractivity contribution in [3.05, 3.63) is 48.0 Å². The smallest absolute Gasteiger partial charge is 0.225 e. The van der Waals surface area contributed by atoms with Crippen LogP contribution in [-0.2, 0) is 0 Å². The molecule has 1 saturated heterocycles. The third-order valence-corrected chi connectivity index (χ3v) is 3.62. The number of aryl methyl sites for hydroxylation is 1. The number of aromatic nitrogens is 2. The second kappa shape index (κ2) is 6.08. The fourth-order valence-electron chi connectivity index (χ4n) is 2.47. The van der Waals surface area contributed by atoms with Gasteiger partial charge in [-0.15, -0.1) is 0 Å². The third-order valence-electron chi connectivity index (χ3n) is 3.62. The molecule has 2 heterocycles. The fourth-order valence-corrected chi connectivity index (χ4v) is 2.47. The zero-order valence-electron chi connectivity index (χ0n) is 12.0. The van der Waals surface area contributed by atoms with Gasteiger partial charge in [0, 0.05) is 37.8 Å². The van der Waals surface area contributed by atoms with Crippen LogP contribution < -0.4 is 9.64 Å². The lowest BCUT2D eigenvalue weighted by molar-refractivity contribution is 0.170. The molecule has 0 radical (unpaired) electrons. The third kappa shape index (κ3) is 3.48. The Hall–Kier alpha value is -2.17. The highest BCUT2D eigenvalue weighted by molar-refractivity contribution is 5.31. The molecule has 2 aromatic rings. The molecule has 0 unspecified atom stereocenters. The summed E-state index contributed by atoms with van der Waals surface area (Å²) in [7, 11) is 0. The number of rotatable bonds is 3. The first kappa shape index (κ1) is 13.8. The van der Waals surface area contributed by atoms with E-state index in [0.717, 1.165) is 43.3 Å². The molecule has 4 nitrogen and oxygen atoms in total. The van der Waals surface area contributed by atoms with E-state index in [-0.39, 0.29) is 11.9 Å². The molecule has 1 aliphatic rings. The quantitative estimate of drug-likeness (QED) is 0.870. The molecule has 0 atom stereocenters. The molecular formula is C16H18FN3O. The molecule has 5 heteroatoms. The Bertz CT molecular complexity index is 595. The molecule has 0 amide bonds. The number of benzene rings is 1. The zero-order valence-corrected chi connectivity index (χ0v) is 12.0. The van der Waals surface area contributed by atoms with Crippen molar-refractivity contribution in [2.45, 2.75) is 25.9 Å². The van der Waals surface area contributed by atoms with Crippen LogP contribution in [0.1, 0.15) is 18.5 Å². The first-order chi connectivity index (χ1) is 10.2. The predicted molar refractivity (Wildman–Crippen MR) is 79.0 cm³/mol. The average molecular weight is 287 g/mol. The van der Waals surface area contributed by atoms with Crippen LogP contribution in [0.25, 0.3) is 0 Å². The van der Waals surface area contributed by atoms with Gasteiger partial charge in [0.15, 0.2) is 0 Å². The minimum absolute atomic E-state index is 0.163. The molecule has 0 N–H and O–H groups in total. The monoisotopic (exact) mass is 287 g/mol. The van der Waals surface area contributed by atoms with Crippen molar-refractivity contribution >= 4 is 5.95 Å². The standard InChI is InChI=1S/C16H18FN3O/c1-12-6-9-18-16(19-12)20-10-7-15(8-11-20)21-14-4-2-13(17)3-5-14/h2-6,9,15H,7-8,10-11H2,1H3. The van der Waals surface area contributed by atoms with Gasteiger partial charge in [-0.05, 0) is 37.3 Å². The van der Waals surface area contributed by atoms with Crippen LogP contribution in [0.3, 0.4) is 0 Å². The number of piperidine rings is 1. The molecule has 1 aliphatic heterocycles. The molecule has 0 aliphatic carbocycles. The van der Waals surface area contributed by atoms with Crippen molar-refractivity contribution in [3.8, 4) is 5.75 Å². The largest absolute Gasteiger partial charge is 0.490 e. The van der Waals surface area contributed by atoms with Gasteiger partial charge < -0.3 is 9.64 Å². The molecule has 3 rings (SSSR count). The summed E-state index contributed by atoms with van der Waals surface area (Å²) in [6.45, 7) is 3.71. The second-order valence-electron chi connectivity index (χ2n) is 5.26. The van der Waals surface area contributed by atoms with Gasteiger partial charge in [-0.3, -0.25) is 0 Å². The Kier molecular flexibility index (Phi) is 3.99. The minimum atomic E-state index is -0.242. The van der Waals surface area contributed by atoms with Crippen LogP contribution in [-0.4, -0.2) is 29.2 Å². The normalized spacial score (nSPS) is 16.0. The molecule has 1 aromatic heterocycles. The van der Waals surface area contributed by atoms with E-state index in [0.29, 0.717) is 0 Å². The van der Waals surface area contributed by atoms with Crippen LogP contribution >= 0.6 is 0 Å². The lowest BCUT2D eigenvalue weighted by atomic mass is 10.1. The minimum Gasteiger partial charge on any atom is -0.490 e. The summed E-state index contributed by atoms with van der Waals surface area (Å²) in [5.74, 6) is 1.27. The Balaban J connectivity index is 1.56. The number of hydrogen-bond acceptors (Lipinski definition) is 4. The summed E-state index contributed by atoms with van der Waals surface area (Å²) < 4.78 is 18.7. The van der Waals surface area contributed by atoms with Crippen molar-refractivity contribution in [3.63, 3.8) is 0 Å². The fraction of sp³-hybridized carbons (Fsp3) is 0.375. The van der Waals surface area contributed by atoms with E-state index in [1.165, 1.54) is 12.1 Å². The van der Waals surface area contributed by atoms with E-state index in [1.807, 2.05) is 13.0 Å². The molecule has 0 saturated carbocycles. The van der Waals surface area contributed by atoms with Crippen molar-refractivity contribution in [1.29, 1.82) is 0 Å². The van der Waals surface area contributed by atoms with Crippen LogP contribution in [0.2, 0.25) is 0 Å². The first-order valence-corrected chi connectivity index (χ1v) is 7.17. The van der Waals surface area contributed by atoms with E-state index in [2.05, 4.69) is 14.9 Å². The van der Waals surface area contributed by atoms with Gasteiger partial charge in [-0.2, -0.15) is 0 Å². The number of ether oxygens (including phenoxy) is 1. The Labute approximate surface area is 123 Å². The Morgan fingerprint density at radius 2 is 1.86 bits per heavy atom. The lowest BCUT2D eigenvalue weighted by Crippen LogP contribution is -2.39. The maximum Gasteiger partial charge on any atom is 0.225 e. The highest BCUT2D eigenvalue weighted by Crippen LogP contribution is 2.21. The lowest BCUT2D eigenvalue weighted by Gasteiger charge is -2.32. The number of nitrogens with zero attached hydrogens (tertiary/aromatic N) is 3. The van der Waals surface area contributed by atoms with Crippen LogP contribution in [0.4, 0.5) is 10.3 Å². The summed E-state index contributed by atoms with van der Waals surface area (Å²) >= 11 is 0. The van der Waals surface area contributed by atoms with Crippen molar-refractivity contribution < 1.29 is 9.13 Å². The molecule has 0 spiro atoms. The van der Waals surface area contributed by atoms with Crippen molar-refractivity contribution in [1.82, 2.24) is 9.97 Å². The van der Waals surface area contributed by atoms with Gasteiger partial charge >= 0.3 is 0 Å². The summed E-state index contributed by atoms with van der Waals surface area (Å²) in [6, 6.07) is 8.08. The van der Waals surface area contributed by atoms with E-state index in [1.54, 1.807) is 18.3 Å². The average Bonchev–Trinajstić information content (AvgIpc) is 2.50. The molecule has 1 fully saturated rings. The Morgan fingerprint density at radius 3 is 2.52 bits per heavy atom. The molecule has 1 aromatic carbocycles. The van der Waals surface area contributed by atoms with Crippen LogP contribution in [0.15, 0.2) is 36.5 Å². The molecule has 0 bridgehead atoms. The summed E-state index contributed by atoms with van der Waals surface area (Å²) in [4.78, 5) is 10.9. The maximum atomic E-state index is 12.9. The van der Waals surface area contributed by atoms with Crippen molar-refractivity contribution in [2.24, 2.45) is 0 Å². The van der Waals surface area contributed by atoms with Gasteiger partial charge in [-0.1, -0.05) is 0 Å². The molecular weight excluding hydrogens is 269 g/mol. The van der Waals surface area contributed by atoms with Crippen LogP contribution in [0.5, 0.6) is 5.75 Å². The summed E-state index contributed by atoms with van der Waals surface area (Å²) in [6.07, 6.45) is 3.78. The zero-order chi connectivity index (χ0) is 14.7. The Morgan fingerprint density at radius 1 is 1.14 bits per heavy atom. The number of hydrogen-bond donors (Lipinski definition) is 0. The van der Waals surface area contributed by atoms with Gasteiger partial charge in [0.1, 0.15) is 17.7 Å². The SMILES string of the molecule is Cc1ccnc(N2CCC(Oc3ccc(F)cc3)CC2)n1. The highest BCUT2D eigenvalue weighted by Gasteiger charge is 2.22. The van der Waals surface area contributed by atoms with E-state index < -0.39 is 0 Å². The van der Waals surface area contributed by atoms with Crippen molar-refractivity contribution in [2.75, 3.05) is 18.0 Å². The summed E-state index contributed by atoms with van der Waals surface area (Å²) in [5, 5.41) is 0. The number of halogens is 1. The van der Waals surface area contributed by atoms with Gasteiger partial charge in [0.05, 0.1) is 0 Å². The highest BCUT2D eigenvalue weighted by atomic mass is 19.1. The van der Waals surface area contributed by atoms with E-state index >= 15 is 0 Å². The molecule has 110 valence electrons. The predicted octanol–water partition coefficient (Wildman–Crippen LogP) is 2.97. The molecule has 21 heavy (non-hydrogen) atoms.